The Labute approximate surface area is 121 Å². The molecule has 19 heavy (non-hydrogen) atoms. The summed E-state index contributed by atoms with van der Waals surface area (Å²) in [6.45, 7) is 12.1. The van der Waals surface area contributed by atoms with Gasteiger partial charge in [-0.25, -0.2) is 4.98 Å². The van der Waals surface area contributed by atoms with E-state index < -0.39 is 0 Å². The molecule has 4 heteroatoms. The van der Waals surface area contributed by atoms with Gasteiger partial charge in [0.15, 0.2) is 5.13 Å². The Bertz CT molecular complexity index is 427. The second-order valence-corrected chi connectivity index (χ2v) is 7.96. The molecule has 0 spiro atoms. The van der Waals surface area contributed by atoms with Crippen molar-refractivity contribution >= 4 is 16.5 Å². The minimum absolute atomic E-state index is 0.118. The summed E-state index contributed by atoms with van der Waals surface area (Å²) in [4.78, 5) is 8.68. The van der Waals surface area contributed by atoms with Crippen molar-refractivity contribution in [1.29, 1.82) is 0 Å². The summed E-state index contributed by atoms with van der Waals surface area (Å²) in [6.07, 6.45) is 2.64. The number of nitrogens with zero attached hydrogens (tertiary/aromatic N) is 2. The molecule has 0 amide bonds. The summed E-state index contributed by atoms with van der Waals surface area (Å²) in [5.41, 5.74) is 1.38. The highest BCUT2D eigenvalue weighted by molar-refractivity contribution is 7.15. The first-order chi connectivity index (χ1) is 8.79. The standard InChI is InChI=1S/C15H27N3S/c1-10(2)16-9-12-13(15(3,4)5)17-14(19-12)18(6)11-7-8-11/h10-11,16H,7-9H2,1-6H3. The van der Waals surface area contributed by atoms with Crippen molar-refractivity contribution in [2.24, 2.45) is 0 Å². The van der Waals surface area contributed by atoms with Crippen LogP contribution in [0.1, 0.15) is 58.0 Å². The van der Waals surface area contributed by atoms with E-state index in [1.165, 1.54) is 28.5 Å². The molecule has 108 valence electrons. The first-order valence-corrected chi connectivity index (χ1v) is 8.07. The number of hydrogen-bond donors (Lipinski definition) is 1. The molecule has 0 saturated heterocycles. The number of rotatable bonds is 5. The highest BCUT2D eigenvalue weighted by atomic mass is 32.1. The van der Waals surface area contributed by atoms with E-state index in [-0.39, 0.29) is 5.41 Å². The number of thiazole rings is 1. The van der Waals surface area contributed by atoms with Gasteiger partial charge in [-0.3, -0.25) is 0 Å². The summed E-state index contributed by atoms with van der Waals surface area (Å²) >= 11 is 1.86. The quantitative estimate of drug-likeness (QED) is 0.895. The van der Waals surface area contributed by atoms with Gasteiger partial charge in [0.1, 0.15) is 0 Å². The fraction of sp³-hybridized carbons (Fsp3) is 0.800. The molecule has 0 bridgehead atoms. The van der Waals surface area contributed by atoms with Gasteiger partial charge in [-0.2, -0.15) is 0 Å². The molecule has 1 aliphatic rings. The number of hydrogen-bond acceptors (Lipinski definition) is 4. The van der Waals surface area contributed by atoms with E-state index in [0.717, 1.165) is 12.6 Å². The molecule has 1 aromatic rings. The molecule has 3 nitrogen and oxygen atoms in total. The van der Waals surface area contributed by atoms with Crippen LogP contribution >= 0.6 is 11.3 Å². The third-order valence-corrected chi connectivity index (χ3v) is 4.61. The highest BCUT2D eigenvalue weighted by Crippen LogP contribution is 2.37. The smallest absolute Gasteiger partial charge is 0.185 e. The molecular formula is C15H27N3S. The van der Waals surface area contributed by atoms with Crippen LogP contribution in [0.2, 0.25) is 0 Å². The number of anilines is 1. The van der Waals surface area contributed by atoms with E-state index in [1.807, 2.05) is 11.3 Å². The van der Waals surface area contributed by atoms with E-state index in [4.69, 9.17) is 4.98 Å². The van der Waals surface area contributed by atoms with Crippen LogP contribution in [-0.4, -0.2) is 24.1 Å². The molecule has 1 fully saturated rings. The molecule has 0 unspecified atom stereocenters. The summed E-state index contributed by atoms with van der Waals surface area (Å²) in [5, 5.41) is 4.71. The Morgan fingerprint density at radius 1 is 1.37 bits per heavy atom. The van der Waals surface area contributed by atoms with Crippen LogP contribution < -0.4 is 10.2 Å². The van der Waals surface area contributed by atoms with Crippen LogP contribution in [0.3, 0.4) is 0 Å². The minimum Gasteiger partial charge on any atom is -0.348 e. The van der Waals surface area contributed by atoms with Gasteiger partial charge in [-0.1, -0.05) is 34.6 Å². The zero-order chi connectivity index (χ0) is 14.2. The van der Waals surface area contributed by atoms with Crippen molar-refractivity contribution in [1.82, 2.24) is 10.3 Å². The number of nitrogens with one attached hydrogen (secondary N) is 1. The molecule has 1 heterocycles. The van der Waals surface area contributed by atoms with Crippen molar-refractivity contribution in [2.45, 2.75) is 71.5 Å². The van der Waals surface area contributed by atoms with Gasteiger partial charge < -0.3 is 10.2 Å². The molecular weight excluding hydrogens is 254 g/mol. The zero-order valence-corrected chi connectivity index (χ0v) is 13.9. The topological polar surface area (TPSA) is 28.2 Å². The van der Waals surface area contributed by atoms with Gasteiger partial charge >= 0.3 is 0 Å². The van der Waals surface area contributed by atoms with Crippen LogP contribution in [0, 0.1) is 0 Å². The molecule has 1 aliphatic carbocycles. The van der Waals surface area contributed by atoms with E-state index in [9.17, 15) is 0 Å². The van der Waals surface area contributed by atoms with Crippen LogP contribution in [0.4, 0.5) is 5.13 Å². The third kappa shape index (κ3) is 3.69. The largest absolute Gasteiger partial charge is 0.348 e. The van der Waals surface area contributed by atoms with Gasteiger partial charge in [0.25, 0.3) is 0 Å². The molecule has 1 N–H and O–H groups in total. The summed E-state index contributed by atoms with van der Waals surface area (Å²) in [6, 6.07) is 1.24. The van der Waals surface area contributed by atoms with E-state index in [2.05, 4.69) is 51.9 Å². The van der Waals surface area contributed by atoms with E-state index in [0.29, 0.717) is 6.04 Å². The first kappa shape index (κ1) is 14.8. The maximum absolute atomic E-state index is 4.93. The van der Waals surface area contributed by atoms with Crippen LogP contribution in [0.5, 0.6) is 0 Å². The lowest BCUT2D eigenvalue weighted by atomic mass is 9.91. The summed E-state index contributed by atoms with van der Waals surface area (Å²) in [5.74, 6) is 0. The van der Waals surface area contributed by atoms with E-state index in [1.54, 1.807) is 0 Å². The maximum Gasteiger partial charge on any atom is 0.185 e. The average molecular weight is 281 g/mol. The van der Waals surface area contributed by atoms with Gasteiger partial charge in [-0.15, -0.1) is 11.3 Å². The van der Waals surface area contributed by atoms with Crippen molar-refractivity contribution in [3.8, 4) is 0 Å². The lowest BCUT2D eigenvalue weighted by Crippen LogP contribution is -2.24. The normalized spacial score (nSPS) is 16.2. The first-order valence-electron chi connectivity index (χ1n) is 7.25. The summed E-state index contributed by atoms with van der Waals surface area (Å²) in [7, 11) is 2.18. The Morgan fingerprint density at radius 3 is 2.47 bits per heavy atom. The predicted octanol–water partition coefficient (Wildman–Crippen LogP) is 3.54. The predicted molar refractivity (Wildman–Crippen MR) is 84.2 cm³/mol. The monoisotopic (exact) mass is 281 g/mol. The highest BCUT2D eigenvalue weighted by Gasteiger charge is 2.30. The van der Waals surface area contributed by atoms with Gasteiger partial charge in [0.2, 0.25) is 0 Å². The van der Waals surface area contributed by atoms with Crippen molar-refractivity contribution in [3.05, 3.63) is 10.6 Å². The zero-order valence-electron chi connectivity index (χ0n) is 13.1. The van der Waals surface area contributed by atoms with Crippen molar-refractivity contribution in [2.75, 3.05) is 11.9 Å². The average Bonchev–Trinajstić information content (AvgIpc) is 3.03. The SMILES string of the molecule is CC(C)NCc1sc(N(C)C2CC2)nc1C(C)(C)C. The second-order valence-electron chi connectivity index (χ2n) is 6.90. The van der Waals surface area contributed by atoms with Crippen molar-refractivity contribution < 1.29 is 0 Å². The van der Waals surface area contributed by atoms with Gasteiger partial charge in [0, 0.05) is 36.0 Å². The third-order valence-electron chi connectivity index (χ3n) is 3.46. The van der Waals surface area contributed by atoms with E-state index >= 15 is 0 Å². The Balaban J connectivity index is 2.22. The maximum atomic E-state index is 4.93. The lowest BCUT2D eigenvalue weighted by molar-refractivity contribution is 0.546. The minimum atomic E-state index is 0.118. The molecule has 0 aromatic carbocycles. The Hall–Kier alpha value is -0.610. The second kappa shape index (κ2) is 5.41. The molecule has 1 aromatic heterocycles. The van der Waals surface area contributed by atoms with Crippen LogP contribution in [0.15, 0.2) is 0 Å². The fourth-order valence-electron chi connectivity index (χ4n) is 2.11. The fourth-order valence-corrected chi connectivity index (χ4v) is 3.37. The number of aromatic nitrogens is 1. The van der Waals surface area contributed by atoms with Crippen molar-refractivity contribution in [3.63, 3.8) is 0 Å². The Morgan fingerprint density at radius 2 is 2.00 bits per heavy atom. The lowest BCUT2D eigenvalue weighted by Gasteiger charge is -2.18. The Kier molecular flexibility index (Phi) is 4.21. The molecule has 1 saturated carbocycles. The van der Waals surface area contributed by atoms with Crippen LogP contribution in [-0.2, 0) is 12.0 Å². The molecule has 0 radical (unpaired) electrons. The van der Waals surface area contributed by atoms with Crippen LogP contribution in [0.25, 0.3) is 0 Å². The molecule has 2 rings (SSSR count). The summed E-state index contributed by atoms with van der Waals surface area (Å²) < 4.78 is 0. The molecule has 0 aliphatic heterocycles. The van der Waals surface area contributed by atoms with Gasteiger partial charge in [0.05, 0.1) is 5.69 Å². The molecule has 0 atom stereocenters. The van der Waals surface area contributed by atoms with Gasteiger partial charge in [-0.05, 0) is 12.8 Å².